The molecule has 21 heavy (non-hydrogen) atoms. The third-order valence-electron chi connectivity index (χ3n) is 3.49. The molecule has 0 spiro atoms. The van der Waals surface area contributed by atoms with Crippen LogP contribution in [-0.4, -0.2) is 0 Å². The second-order valence-corrected chi connectivity index (χ2v) is 7.81. The smallest absolute Gasteiger partial charge is 0.0966 e. The Morgan fingerprint density at radius 1 is 0.952 bits per heavy atom. The average Bonchev–Trinajstić information content (AvgIpc) is 3.03. The number of rotatable bonds is 4. The van der Waals surface area contributed by atoms with Crippen LogP contribution in [0.4, 0.5) is 0 Å². The van der Waals surface area contributed by atoms with Gasteiger partial charge in [0.2, 0.25) is 4.62 Å². The summed E-state index contributed by atoms with van der Waals surface area (Å²) in [6, 6.07) is 20.7. The summed E-state index contributed by atoms with van der Waals surface area (Å²) >= 11 is 1.57. The average molecular weight is 311 g/mol. The molecule has 1 nitrogen and oxygen atoms in total. The monoisotopic (exact) mass is 311 g/mol. The van der Waals surface area contributed by atoms with Crippen LogP contribution in [0.15, 0.2) is 66.0 Å². The second-order valence-electron chi connectivity index (χ2n) is 5.00. The topological polar surface area (TPSA) is 17.1 Å². The number of hydrogen-bond donors (Lipinski definition) is 0. The van der Waals surface area contributed by atoms with Crippen LogP contribution in [0.25, 0.3) is 11.1 Å². The van der Waals surface area contributed by atoms with Gasteiger partial charge in [-0.2, -0.15) is 0 Å². The fraction of sp³-hybridized carbons (Fsp3) is 0.111. The zero-order valence-corrected chi connectivity index (χ0v) is 13.5. The van der Waals surface area contributed by atoms with Gasteiger partial charge < -0.3 is 0 Å². The highest BCUT2D eigenvalue weighted by atomic mass is 32.1. The lowest BCUT2D eigenvalue weighted by Crippen LogP contribution is -1.90. The predicted molar refractivity (Wildman–Crippen MR) is 91.9 cm³/mol. The predicted octanol–water partition coefficient (Wildman–Crippen LogP) is 5.38. The Morgan fingerprint density at radius 3 is 2.38 bits per heavy atom. The van der Waals surface area contributed by atoms with Crippen molar-refractivity contribution in [2.75, 3.05) is 0 Å². The molecule has 0 aliphatic carbocycles. The summed E-state index contributed by atoms with van der Waals surface area (Å²) in [6.07, 6.45) is 0.615. The first-order chi connectivity index (χ1) is 10.2. The van der Waals surface area contributed by atoms with E-state index < -0.39 is 7.80 Å². The normalized spacial score (nSPS) is 11.4. The molecule has 0 aliphatic rings. The fourth-order valence-electron chi connectivity index (χ4n) is 2.34. The molecule has 1 unspecified atom stereocenters. The summed E-state index contributed by atoms with van der Waals surface area (Å²) in [5.74, 6) is 0. The standard InChI is InChI=1S/C18H16OPS/c1-14-5-2-3-6-17(14)16-10-8-15(9-11-16)13-20(19)18-7-4-12-21-18/h2-12H,13H2,1H3/q+1. The molecule has 3 heteroatoms. The van der Waals surface area contributed by atoms with Crippen molar-refractivity contribution in [2.45, 2.75) is 13.1 Å². The van der Waals surface area contributed by atoms with Crippen LogP contribution in [0.1, 0.15) is 11.1 Å². The van der Waals surface area contributed by atoms with Crippen molar-refractivity contribution in [3.05, 3.63) is 77.2 Å². The highest BCUT2D eigenvalue weighted by molar-refractivity contribution is 7.60. The Morgan fingerprint density at radius 2 is 1.71 bits per heavy atom. The zero-order chi connectivity index (χ0) is 14.7. The van der Waals surface area contributed by atoms with Gasteiger partial charge in [-0.3, -0.25) is 0 Å². The van der Waals surface area contributed by atoms with E-state index in [0.717, 1.165) is 10.2 Å². The first kappa shape index (κ1) is 14.2. The molecule has 3 rings (SSSR count). The van der Waals surface area contributed by atoms with E-state index in [1.807, 2.05) is 17.5 Å². The van der Waals surface area contributed by atoms with E-state index in [2.05, 4.69) is 55.5 Å². The Kier molecular flexibility index (Phi) is 4.28. The molecule has 3 aromatic rings. The number of hydrogen-bond acceptors (Lipinski definition) is 2. The molecule has 0 N–H and O–H groups in total. The van der Waals surface area contributed by atoms with E-state index in [0.29, 0.717) is 6.16 Å². The molecular weight excluding hydrogens is 295 g/mol. The third-order valence-corrected chi connectivity index (χ3v) is 6.38. The van der Waals surface area contributed by atoms with Gasteiger partial charge in [0, 0.05) is 11.6 Å². The largest absolute Gasteiger partial charge is 0.392 e. The van der Waals surface area contributed by atoms with Crippen molar-refractivity contribution in [1.82, 2.24) is 0 Å². The zero-order valence-electron chi connectivity index (χ0n) is 11.8. The maximum Gasteiger partial charge on any atom is 0.392 e. The van der Waals surface area contributed by atoms with Gasteiger partial charge in [0.25, 0.3) is 0 Å². The van der Waals surface area contributed by atoms with E-state index in [1.54, 1.807) is 11.3 Å². The first-order valence-electron chi connectivity index (χ1n) is 6.87. The maximum atomic E-state index is 12.2. The highest BCUT2D eigenvalue weighted by Gasteiger charge is 2.21. The molecule has 1 atom stereocenters. The van der Waals surface area contributed by atoms with Crippen molar-refractivity contribution in [2.24, 2.45) is 0 Å². The van der Waals surface area contributed by atoms with Gasteiger partial charge in [-0.05, 0) is 35.1 Å². The Bertz CT molecular complexity index is 745. The van der Waals surface area contributed by atoms with Crippen molar-refractivity contribution in [3.8, 4) is 11.1 Å². The molecule has 104 valence electrons. The summed E-state index contributed by atoms with van der Waals surface area (Å²) < 4.78 is 13.2. The van der Waals surface area contributed by atoms with E-state index in [-0.39, 0.29) is 0 Å². The molecule has 1 aromatic heterocycles. The van der Waals surface area contributed by atoms with Gasteiger partial charge in [-0.1, -0.05) is 64.4 Å². The minimum absolute atomic E-state index is 0.615. The summed E-state index contributed by atoms with van der Waals surface area (Å²) in [7, 11) is -1.32. The van der Waals surface area contributed by atoms with Crippen LogP contribution >= 0.6 is 19.1 Å². The molecule has 1 heterocycles. The Labute approximate surface area is 130 Å². The van der Waals surface area contributed by atoms with Crippen LogP contribution in [0, 0.1) is 6.92 Å². The van der Waals surface area contributed by atoms with Crippen LogP contribution in [0.5, 0.6) is 0 Å². The molecule has 0 saturated carbocycles. The lowest BCUT2D eigenvalue weighted by molar-refractivity contribution is 0.593. The lowest BCUT2D eigenvalue weighted by atomic mass is 10.00. The Hall–Kier alpha value is -1.76. The maximum absolute atomic E-state index is 12.2. The number of benzene rings is 2. The minimum Gasteiger partial charge on any atom is -0.0966 e. The summed E-state index contributed by atoms with van der Waals surface area (Å²) in [5, 5.41) is 1.98. The SMILES string of the molecule is Cc1ccccc1-c1ccc(C[P+](=O)c2cccs2)cc1. The van der Waals surface area contributed by atoms with Crippen molar-refractivity contribution < 1.29 is 4.57 Å². The molecule has 0 fully saturated rings. The molecule has 0 aliphatic heterocycles. The molecule has 0 saturated heterocycles. The van der Waals surface area contributed by atoms with Gasteiger partial charge >= 0.3 is 7.80 Å². The van der Waals surface area contributed by atoms with Crippen LogP contribution in [0.3, 0.4) is 0 Å². The summed E-state index contributed by atoms with van der Waals surface area (Å²) in [6.45, 7) is 2.12. The van der Waals surface area contributed by atoms with E-state index >= 15 is 0 Å². The fourth-order valence-corrected chi connectivity index (χ4v) is 4.59. The van der Waals surface area contributed by atoms with Crippen molar-refractivity contribution in [3.63, 3.8) is 0 Å². The van der Waals surface area contributed by atoms with E-state index in [1.165, 1.54) is 16.7 Å². The van der Waals surface area contributed by atoms with Crippen LogP contribution in [0.2, 0.25) is 0 Å². The highest BCUT2D eigenvalue weighted by Crippen LogP contribution is 2.30. The first-order valence-corrected chi connectivity index (χ1v) is 9.19. The number of thiophene rings is 1. The molecule has 0 bridgehead atoms. The van der Waals surface area contributed by atoms with Gasteiger partial charge in [-0.25, -0.2) is 0 Å². The van der Waals surface area contributed by atoms with Gasteiger partial charge in [0.1, 0.15) is 0 Å². The summed E-state index contributed by atoms with van der Waals surface area (Å²) in [5.41, 5.74) is 4.87. The van der Waals surface area contributed by atoms with E-state index in [4.69, 9.17) is 0 Å². The molecule has 0 radical (unpaired) electrons. The molecular formula is C18H16OPS+. The van der Waals surface area contributed by atoms with Crippen LogP contribution in [-0.2, 0) is 10.7 Å². The van der Waals surface area contributed by atoms with Crippen molar-refractivity contribution >= 4 is 23.8 Å². The van der Waals surface area contributed by atoms with E-state index in [9.17, 15) is 4.57 Å². The quantitative estimate of drug-likeness (QED) is 0.591. The molecule has 0 amide bonds. The third kappa shape index (κ3) is 3.29. The second kappa shape index (κ2) is 6.34. The minimum atomic E-state index is -1.32. The van der Waals surface area contributed by atoms with Crippen molar-refractivity contribution in [1.29, 1.82) is 0 Å². The molecule has 2 aromatic carbocycles. The van der Waals surface area contributed by atoms with Gasteiger partial charge in [-0.15, -0.1) is 0 Å². The summed E-state index contributed by atoms with van der Waals surface area (Å²) in [4.78, 5) is 0. The number of aryl methyl sites for hydroxylation is 1. The van der Waals surface area contributed by atoms with Crippen LogP contribution < -0.4 is 4.62 Å². The van der Waals surface area contributed by atoms with Gasteiger partial charge in [0.05, 0.1) is 0 Å². The lowest BCUT2D eigenvalue weighted by Gasteiger charge is -2.05. The Balaban J connectivity index is 1.79. The van der Waals surface area contributed by atoms with Gasteiger partial charge in [0.15, 0.2) is 6.16 Å².